The molecule has 6 rings (SSSR count). The number of benzene rings is 2. The molecular weight excluding hydrogens is 472 g/mol. The first-order valence-corrected chi connectivity index (χ1v) is 14.3. The normalized spacial score (nSPS) is 23.4. The Kier molecular flexibility index (Phi) is 5.80. The molecule has 0 radical (unpaired) electrons. The van der Waals surface area contributed by atoms with E-state index in [2.05, 4.69) is 92.0 Å². The molecule has 2 fully saturated rings. The Labute approximate surface area is 226 Å². The smallest absolute Gasteiger partial charge is 0.247 e. The van der Waals surface area contributed by atoms with Crippen molar-refractivity contribution in [2.45, 2.75) is 103 Å². The van der Waals surface area contributed by atoms with E-state index in [0.29, 0.717) is 6.04 Å². The van der Waals surface area contributed by atoms with Crippen molar-refractivity contribution in [1.82, 2.24) is 9.55 Å². The van der Waals surface area contributed by atoms with Gasteiger partial charge in [0.25, 0.3) is 0 Å². The van der Waals surface area contributed by atoms with Crippen molar-refractivity contribution < 1.29 is 4.79 Å². The highest BCUT2D eigenvalue weighted by atomic mass is 16.2. The zero-order chi connectivity index (χ0) is 27.0. The minimum absolute atomic E-state index is 0.0258. The average molecular weight is 515 g/mol. The lowest BCUT2D eigenvalue weighted by molar-refractivity contribution is -0.120. The molecule has 0 spiro atoms. The number of carbonyl (C=O) groups excluding carboxylic acids is 1. The van der Waals surface area contributed by atoms with Crippen LogP contribution in [0.5, 0.6) is 0 Å². The molecule has 1 amide bonds. The van der Waals surface area contributed by atoms with Crippen molar-refractivity contribution in [3.8, 4) is 11.4 Å². The van der Waals surface area contributed by atoms with Crippen LogP contribution in [0.2, 0.25) is 0 Å². The van der Waals surface area contributed by atoms with Crippen molar-refractivity contribution in [3.05, 3.63) is 36.4 Å². The first-order valence-electron chi connectivity index (χ1n) is 14.3. The second-order valence-electron chi connectivity index (χ2n) is 13.1. The summed E-state index contributed by atoms with van der Waals surface area (Å²) in [7, 11) is 0. The number of aromatic nitrogens is 2. The molecule has 38 heavy (non-hydrogen) atoms. The fraction of sp³-hybridized carbons (Fsp3) is 0.548. The minimum atomic E-state index is -0.334. The zero-order valence-electron chi connectivity index (χ0n) is 23.6. The highest BCUT2D eigenvalue weighted by molar-refractivity contribution is 6.02. The second-order valence-corrected chi connectivity index (χ2v) is 13.1. The Morgan fingerprint density at radius 2 is 1.82 bits per heavy atom. The van der Waals surface area contributed by atoms with E-state index in [-0.39, 0.29) is 35.0 Å². The Morgan fingerprint density at radius 1 is 1.11 bits per heavy atom. The van der Waals surface area contributed by atoms with E-state index in [9.17, 15) is 4.79 Å². The molecule has 7 nitrogen and oxygen atoms in total. The first-order chi connectivity index (χ1) is 18.0. The van der Waals surface area contributed by atoms with Gasteiger partial charge >= 0.3 is 0 Å². The molecule has 2 aromatic carbocycles. The third-order valence-corrected chi connectivity index (χ3v) is 8.86. The maximum Gasteiger partial charge on any atom is 0.247 e. The molecular formula is C31H42N6O. The number of hydrogen-bond acceptors (Lipinski definition) is 5. The molecule has 1 aromatic heterocycles. The van der Waals surface area contributed by atoms with Crippen molar-refractivity contribution >= 4 is 34.0 Å². The summed E-state index contributed by atoms with van der Waals surface area (Å²) in [5, 5.41) is 6.84. The van der Waals surface area contributed by atoms with E-state index in [1.54, 1.807) is 0 Å². The van der Waals surface area contributed by atoms with Crippen molar-refractivity contribution in [2.24, 2.45) is 11.7 Å². The fourth-order valence-corrected chi connectivity index (χ4v) is 7.21. The summed E-state index contributed by atoms with van der Waals surface area (Å²) in [6, 6.07) is 13.2. The quantitative estimate of drug-likeness (QED) is 0.372. The molecule has 1 aliphatic carbocycles. The van der Waals surface area contributed by atoms with Gasteiger partial charge in [-0.05, 0) is 95.7 Å². The molecule has 2 unspecified atom stereocenters. The summed E-state index contributed by atoms with van der Waals surface area (Å²) < 4.78 is 2.19. The summed E-state index contributed by atoms with van der Waals surface area (Å²) in [4.78, 5) is 21.4. The summed E-state index contributed by atoms with van der Waals surface area (Å²) in [6.07, 6.45) is 5.19. The molecule has 1 saturated heterocycles. The van der Waals surface area contributed by atoms with Gasteiger partial charge in [0.2, 0.25) is 5.91 Å². The number of imidazole rings is 1. The topological polar surface area (TPSA) is 88.2 Å². The van der Waals surface area contributed by atoms with E-state index in [1.165, 1.54) is 12.8 Å². The molecule has 3 aromatic rings. The van der Waals surface area contributed by atoms with Crippen molar-refractivity contribution in [3.63, 3.8) is 0 Å². The van der Waals surface area contributed by atoms with Crippen LogP contribution >= 0.6 is 0 Å². The van der Waals surface area contributed by atoms with Crippen LogP contribution in [0.3, 0.4) is 0 Å². The highest BCUT2D eigenvalue weighted by Gasteiger charge is 2.44. The Hall–Kier alpha value is -3.06. The van der Waals surface area contributed by atoms with Gasteiger partial charge in [0.1, 0.15) is 11.9 Å². The van der Waals surface area contributed by atoms with Gasteiger partial charge < -0.3 is 25.8 Å². The predicted octanol–water partition coefficient (Wildman–Crippen LogP) is 6.30. The van der Waals surface area contributed by atoms with Gasteiger partial charge in [0.15, 0.2) is 0 Å². The van der Waals surface area contributed by atoms with E-state index in [1.807, 2.05) is 6.07 Å². The van der Waals surface area contributed by atoms with E-state index in [4.69, 9.17) is 10.7 Å². The number of nitrogens with two attached hydrogens (primary N) is 1. The molecule has 2 atom stereocenters. The molecule has 2 aliphatic heterocycles. The molecule has 3 heterocycles. The zero-order valence-corrected chi connectivity index (χ0v) is 23.6. The fourth-order valence-electron chi connectivity index (χ4n) is 7.21. The molecule has 4 N–H and O–H groups in total. The maximum absolute atomic E-state index is 13.7. The third-order valence-electron chi connectivity index (χ3n) is 8.86. The Morgan fingerprint density at radius 3 is 2.47 bits per heavy atom. The summed E-state index contributed by atoms with van der Waals surface area (Å²) in [6.45, 7) is 13.5. The lowest BCUT2D eigenvalue weighted by Gasteiger charge is -2.56. The SMILES string of the molecule is CCC(C)C1C(=O)Nc2ccc(NC3CC3)cc2-c2nc3cc(N4C(C)(C)CC(N)CC4(C)C)ccc3n21. The van der Waals surface area contributed by atoms with Gasteiger partial charge in [-0.3, -0.25) is 4.79 Å². The number of hydrogen-bond donors (Lipinski definition) is 3. The highest BCUT2D eigenvalue weighted by Crippen LogP contribution is 2.45. The van der Waals surface area contributed by atoms with Crippen LogP contribution in [-0.4, -0.2) is 38.6 Å². The van der Waals surface area contributed by atoms with Crippen molar-refractivity contribution in [2.75, 3.05) is 15.5 Å². The number of carbonyl (C=O) groups is 1. The van der Waals surface area contributed by atoms with Gasteiger partial charge in [-0.2, -0.15) is 0 Å². The maximum atomic E-state index is 13.7. The van der Waals surface area contributed by atoms with Crippen LogP contribution < -0.4 is 21.3 Å². The van der Waals surface area contributed by atoms with Gasteiger partial charge in [0, 0.05) is 40.1 Å². The van der Waals surface area contributed by atoms with Gasteiger partial charge in [-0.1, -0.05) is 20.3 Å². The number of piperidine rings is 1. The molecule has 7 heteroatoms. The van der Waals surface area contributed by atoms with Crippen LogP contribution in [0.25, 0.3) is 22.4 Å². The van der Waals surface area contributed by atoms with Crippen molar-refractivity contribution in [1.29, 1.82) is 0 Å². The van der Waals surface area contributed by atoms with Crippen LogP contribution in [0.4, 0.5) is 17.1 Å². The number of rotatable bonds is 5. The summed E-state index contributed by atoms with van der Waals surface area (Å²) >= 11 is 0. The predicted molar refractivity (Wildman–Crippen MR) is 157 cm³/mol. The molecule has 202 valence electrons. The van der Waals surface area contributed by atoms with Gasteiger partial charge in [-0.25, -0.2) is 4.98 Å². The van der Waals surface area contributed by atoms with Crippen LogP contribution in [-0.2, 0) is 4.79 Å². The van der Waals surface area contributed by atoms with Crippen LogP contribution in [0.1, 0.15) is 79.7 Å². The van der Waals surface area contributed by atoms with E-state index in [0.717, 1.165) is 58.7 Å². The monoisotopic (exact) mass is 514 g/mol. The third kappa shape index (κ3) is 4.15. The first kappa shape index (κ1) is 25.2. The number of nitrogens with zero attached hydrogens (tertiary/aromatic N) is 3. The van der Waals surface area contributed by atoms with E-state index >= 15 is 0 Å². The summed E-state index contributed by atoms with van der Waals surface area (Å²) in [5.41, 5.74) is 12.3. The van der Waals surface area contributed by atoms with E-state index < -0.39 is 0 Å². The Balaban J connectivity index is 1.54. The lowest BCUT2D eigenvalue weighted by atomic mass is 9.77. The van der Waals surface area contributed by atoms with Gasteiger partial charge in [-0.15, -0.1) is 0 Å². The summed E-state index contributed by atoms with van der Waals surface area (Å²) in [5.74, 6) is 1.04. The molecule has 3 aliphatic rings. The second kappa shape index (κ2) is 8.73. The number of fused-ring (bicyclic) bond motifs is 5. The van der Waals surface area contributed by atoms with Gasteiger partial charge in [0.05, 0.1) is 16.7 Å². The molecule has 1 saturated carbocycles. The van der Waals surface area contributed by atoms with Crippen LogP contribution in [0, 0.1) is 5.92 Å². The standard InChI is InChI=1S/C31H42N6O/c1-7-18(2)27-29(38)35-24-12-10-21(33-20-8-9-20)14-23(24)28-34-25-15-22(11-13-26(25)36(27)28)37-30(3,4)16-19(32)17-31(37,5)6/h10-15,18-20,27,33H,7-9,16-17,32H2,1-6H3,(H,35,38). The Bertz CT molecular complexity index is 1380. The minimum Gasteiger partial charge on any atom is -0.382 e. The lowest BCUT2D eigenvalue weighted by Crippen LogP contribution is -2.63. The largest absolute Gasteiger partial charge is 0.382 e. The number of nitrogens with one attached hydrogen (secondary N) is 2. The number of anilines is 3. The average Bonchev–Trinajstić information content (AvgIpc) is 3.58. The number of amides is 1. The molecule has 0 bridgehead atoms. The van der Waals surface area contributed by atoms with Crippen LogP contribution in [0.15, 0.2) is 36.4 Å².